The highest BCUT2D eigenvalue weighted by Gasteiger charge is 2.10. The number of rotatable bonds is 3. The van der Waals surface area contributed by atoms with Gasteiger partial charge in [-0.25, -0.2) is 0 Å². The van der Waals surface area contributed by atoms with E-state index in [0.717, 1.165) is 12.2 Å². The highest BCUT2D eigenvalue weighted by atomic mass is 14.9. The predicted octanol–water partition coefficient (Wildman–Crippen LogP) is 3.37. The van der Waals surface area contributed by atoms with Gasteiger partial charge in [-0.2, -0.15) is 0 Å². The van der Waals surface area contributed by atoms with E-state index in [1.165, 1.54) is 41.6 Å². The fourth-order valence-electron chi connectivity index (χ4n) is 2.52. The zero-order valence-electron chi connectivity index (χ0n) is 10.4. The SMILES string of the molecule is Nc1ccc(CNc2ccc3c(c2)CCC3)cc1. The molecule has 0 aromatic heterocycles. The maximum atomic E-state index is 5.68. The van der Waals surface area contributed by atoms with Gasteiger partial charge in [0.1, 0.15) is 0 Å². The maximum Gasteiger partial charge on any atom is 0.0400 e. The van der Waals surface area contributed by atoms with Crippen LogP contribution in [0.5, 0.6) is 0 Å². The van der Waals surface area contributed by atoms with Gasteiger partial charge in [-0.3, -0.25) is 0 Å². The molecule has 0 spiro atoms. The van der Waals surface area contributed by atoms with Crippen molar-refractivity contribution in [2.75, 3.05) is 11.1 Å². The molecule has 0 amide bonds. The van der Waals surface area contributed by atoms with E-state index in [4.69, 9.17) is 5.73 Å². The normalized spacial score (nSPS) is 13.3. The summed E-state index contributed by atoms with van der Waals surface area (Å²) >= 11 is 0. The second kappa shape index (κ2) is 4.73. The van der Waals surface area contributed by atoms with Crippen molar-refractivity contribution in [2.45, 2.75) is 25.8 Å². The molecule has 0 saturated heterocycles. The lowest BCUT2D eigenvalue weighted by Gasteiger charge is -2.09. The van der Waals surface area contributed by atoms with Crippen molar-refractivity contribution in [3.63, 3.8) is 0 Å². The Balaban J connectivity index is 1.68. The van der Waals surface area contributed by atoms with E-state index in [9.17, 15) is 0 Å². The summed E-state index contributed by atoms with van der Waals surface area (Å²) in [6.07, 6.45) is 3.77. The average Bonchev–Trinajstić information content (AvgIpc) is 2.85. The van der Waals surface area contributed by atoms with Gasteiger partial charge in [-0.1, -0.05) is 18.2 Å². The largest absolute Gasteiger partial charge is 0.399 e. The van der Waals surface area contributed by atoms with Gasteiger partial charge in [0.2, 0.25) is 0 Å². The lowest BCUT2D eigenvalue weighted by molar-refractivity contribution is 0.912. The number of benzene rings is 2. The number of hydrogen-bond acceptors (Lipinski definition) is 2. The van der Waals surface area contributed by atoms with Crippen LogP contribution in [0.3, 0.4) is 0 Å². The summed E-state index contributed by atoms with van der Waals surface area (Å²) in [7, 11) is 0. The summed E-state index contributed by atoms with van der Waals surface area (Å²) in [5, 5.41) is 3.47. The van der Waals surface area contributed by atoms with Crippen LogP contribution in [0.2, 0.25) is 0 Å². The number of nitrogens with one attached hydrogen (secondary N) is 1. The van der Waals surface area contributed by atoms with Gasteiger partial charge in [-0.05, 0) is 60.2 Å². The third-order valence-corrected chi connectivity index (χ3v) is 3.57. The summed E-state index contributed by atoms with van der Waals surface area (Å²) in [4.78, 5) is 0. The molecule has 0 bridgehead atoms. The van der Waals surface area contributed by atoms with E-state index in [1.54, 1.807) is 0 Å². The van der Waals surface area contributed by atoms with Crippen molar-refractivity contribution < 1.29 is 0 Å². The summed E-state index contributed by atoms with van der Waals surface area (Å²) in [6.45, 7) is 0.846. The number of nitrogen functional groups attached to an aromatic ring is 1. The van der Waals surface area contributed by atoms with Gasteiger partial charge in [0, 0.05) is 17.9 Å². The first-order valence-electron chi connectivity index (χ1n) is 6.51. The second-order valence-electron chi connectivity index (χ2n) is 4.93. The second-order valence-corrected chi connectivity index (χ2v) is 4.93. The van der Waals surface area contributed by atoms with Crippen molar-refractivity contribution in [1.29, 1.82) is 0 Å². The van der Waals surface area contributed by atoms with E-state index >= 15 is 0 Å². The first-order valence-corrected chi connectivity index (χ1v) is 6.51. The monoisotopic (exact) mass is 238 g/mol. The van der Waals surface area contributed by atoms with Crippen molar-refractivity contribution in [3.05, 3.63) is 59.2 Å². The van der Waals surface area contributed by atoms with Gasteiger partial charge in [-0.15, -0.1) is 0 Å². The Hall–Kier alpha value is -1.96. The average molecular weight is 238 g/mol. The molecule has 2 aromatic carbocycles. The van der Waals surface area contributed by atoms with Crippen molar-refractivity contribution >= 4 is 11.4 Å². The number of fused-ring (bicyclic) bond motifs is 1. The Morgan fingerprint density at radius 2 is 1.72 bits per heavy atom. The molecule has 18 heavy (non-hydrogen) atoms. The van der Waals surface area contributed by atoms with Crippen LogP contribution in [0.1, 0.15) is 23.1 Å². The minimum Gasteiger partial charge on any atom is -0.399 e. The molecule has 0 saturated carbocycles. The van der Waals surface area contributed by atoms with Crippen LogP contribution in [-0.4, -0.2) is 0 Å². The van der Waals surface area contributed by atoms with Crippen LogP contribution in [0, 0.1) is 0 Å². The Labute approximate surface area is 108 Å². The Morgan fingerprint density at radius 1 is 0.944 bits per heavy atom. The minimum atomic E-state index is 0.816. The standard InChI is InChI=1S/C16H18N2/c17-15-7-4-12(5-8-15)11-18-16-9-6-13-2-1-3-14(13)10-16/h4-10,18H,1-3,11,17H2. The van der Waals surface area contributed by atoms with Crippen LogP contribution in [-0.2, 0) is 19.4 Å². The molecule has 0 radical (unpaired) electrons. The predicted molar refractivity (Wildman–Crippen MR) is 76.6 cm³/mol. The van der Waals surface area contributed by atoms with Crippen molar-refractivity contribution in [2.24, 2.45) is 0 Å². The third-order valence-electron chi connectivity index (χ3n) is 3.57. The topological polar surface area (TPSA) is 38.0 Å². The summed E-state index contributed by atoms with van der Waals surface area (Å²) in [5.41, 5.74) is 12.0. The molecule has 1 aliphatic carbocycles. The highest BCUT2D eigenvalue weighted by molar-refractivity contribution is 5.50. The zero-order valence-corrected chi connectivity index (χ0v) is 10.4. The molecule has 0 atom stereocenters. The number of hydrogen-bond donors (Lipinski definition) is 2. The van der Waals surface area contributed by atoms with Gasteiger partial charge >= 0.3 is 0 Å². The molecular weight excluding hydrogens is 220 g/mol. The molecule has 3 rings (SSSR count). The Kier molecular flexibility index (Phi) is 2.93. The third kappa shape index (κ3) is 2.33. The molecule has 0 aliphatic heterocycles. The molecule has 2 aromatic rings. The number of anilines is 2. The fourth-order valence-corrected chi connectivity index (χ4v) is 2.52. The van der Waals surface area contributed by atoms with E-state index in [0.29, 0.717) is 0 Å². The molecule has 2 heteroatoms. The van der Waals surface area contributed by atoms with Crippen LogP contribution in [0.15, 0.2) is 42.5 Å². The maximum absolute atomic E-state index is 5.68. The molecule has 0 heterocycles. The lowest BCUT2D eigenvalue weighted by atomic mass is 10.1. The number of nitrogens with two attached hydrogens (primary N) is 1. The quantitative estimate of drug-likeness (QED) is 0.805. The summed E-state index contributed by atoms with van der Waals surface area (Å²) in [6, 6.07) is 14.7. The molecule has 92 valence electrons. The smallest absolute Gasteiger partial charge is 0.0400 e. The van der Waals surface area contributed by atoms with Gasteiger partial charge < -0.3 is 11.1 Å². The minimum absolute atomic E-state index is 0.816. The van der Waals surface area contributed by atoms with E-state index in [1.807, 2.05) is 12.1 Å². The van der Waals surface area contributed by atoms with Crippen LogP contribution in [0.25, 0.3) is 0 Å². The number of aryl methyl sites for hydroxylation is 2. The van der Waals surface area contributed by atoms with Gasteiger partial charge in [0.25, 0.3) is 0 Å². The van der Waals surface area contributed by atoms with Crippen molar-refractivity contribution in [1.82, 2.24) is 0 Å². The van der Waals surface area contributed by atoms with E-state index < -0.39 is 0 Å². The summed E-state index contributed by atoms with van der Waals surface area (Å²) < 4.78 is 0. The first-order chi connectivity index (χ1) is 8.81. The van der Waals surface area contributed by atoms with Crippen LogP contribution in [0.4, 0.5) is 11.4 Å². The molecule has 3 N–H and O–H groups in total. The lowest BCUT2D eigenvalue weighted by Crippen LogP contribution is -2.00. The highest BCUT2D eigenvalue weighted by Crippen LogP contribution is 2.25. The van der Waals surface area contributed by atoms with Gasteiger partial charge in [0.05, 0.1) is 0 Å². The molecular formula is C16H18N2. The van der Waals surface area contributed by atoms with E-state index in [2.05, 4.69) is 35.6 Å². The molecule has 0 unspecified atom stereocenters. The Morgan fingerprint density at radius 3 is 2.56 bits per heavy atom. The molecule has 1 aliphatic rings. The zero-order chi connectivity index (χ0) is 12.4. The first kappa shape index (κ1) is 11.1. The molecule has 2 nitrogen and oxygen atoms in total. The summed E-state index contributed by atoms with van der Waals surface area (Å²) in [5.74, 6) is 0. The fraction of sp³-hybridized carbons (Fsp3) is 0.250. The van der Waals surface area contributed by atoms with Crippen LogP contribution >= 0.6 is 0 Å². The van der Waals surface area contributed by atoms with Gasteiger partial charge in [0.15, 0.2) is 0 Å². The molecule has 0 fully saturated rings. The van der Waals surface area contributed by atoms with E-state index in [-0.39, 0.29) is 0 Å². The van der Waals surface area contributed by atoms with Crippen molar-refractivity contribution in [3.8, 4) is 0 Å². The Bertz CT molecular complexity index is 544. The van der Waals surface area contributed by atoms with Crippen LogP contribution < -0.4 is 11.1 Å².